The van der Waals surface area contributed by atoms with Gasteiger partial charge in [0.2, 0.25) is 0 Å². The molecule has 0 bridgehead atoms. The molecule has 0 unspecified atom stereocenters. The molecule has 86 valence electrons. The monoisotopic (exact) mass is 246 g/mol. The molecule has 0 saturated heterocycles. The molecule has 0 radical (unpaired) electrons. The zero-order valence-corrected chi connectivity index (χ0v) is 9.27. The highest BCUT2D eigenvalue weighted by molar-refractivity contribution is 7.99. The SMILES string of the molecule is CCSc1cnc2ccc(C(F)(F)F)cn12. The van der Waals surface area contributed by atoms with E-state index < -0.39 is 11.7 Å². The first-order chi connectivity index (χ1) is 7.52. The molecule has 0 atom stereocenters. The summed E-state index contributed by atoms with van der Waals surface area (Å²) >= 11 is 1.46. The van der Waals surface area contributed by atoms with Crippen LogP contribution in [0.3, 0.4) is 0 Å². The predicted molar refractivity (Wildman–Crippen MR) is 56.6 cm³/mol. The molecule has 2 aromatic rings. The molecule has 0 aromatic carbocycles. The van der Waals surface area contributed by atoms with Gasteiger partial charge in [0.25, 0.3) is 0 Å². The lowest BCUT2D eigenvalue weighted by Gasteiger charge is -2.07. The second-order valence-electron chi connectivity index (χ2n) is 3.17. The van der Waals surface area contributed by atoms with Gasteiger partial charge in [-0.25, -0.2) is 4.98 Å². The van der Waals surface area contributed by atoms with E-state index in [1.165, 1.54) is 22.2 Å². The summed E-state index contributed by atoms with van der Waals surface area (Å²) in [7, 11) is 0. The van der Waals surface area contributed by atoms with Crippen molar-refractivity contribution in [2.75, 3.05) is 5.75 Å². The van der Waals surface area contributed by atoms with Crippen LogP contribution in [0.5, 0.6) is 0 Å². The van der Waals surface area contributed by atoms with Crippen molar-refractivity contribution in [3.8, 4) is 0 Å². The summed E-state index contributed by atoms with van der Waals surface area (Å²) in [5, 5.41) is 0.726. The molecule has 16 heavy (non-hydrogen) atoms. The van der Waals surface area contributed by atoms with E-state index in [0.717, 1.165) is 23.0 Å². The van der Waals surface area contributed by atoms with Crippen LogP contribution in [0.2, 0.25) is 0 Å². The molecule has 6 heteroatoms. The Bertz CT molecular complexity index is 504. The molecule has 0 N–H and O–H groups in total. The fourth-order valence-electron chi connectivity index (χ4n) is 1.38. The van der Waals surface area contributed by atoms with Crippen molar-refractivity contribution in [2.45, 2.75) is 18.1 Å². The van der Waals surface area contributed by atoms with Gasteiger partial charge >= 0.3 is 6.18 Å². The number of halogens is 3. The first kappa shape index (κ1) is 11.3. The van der Waals surface area contributed by atoms with Gasteiger partial charge in [0.05, 0.1) is 16.8 Å². The number of rotatable bonds is 2. The van der Waals surface area contributed by atoms with Crippen molar-refractivity contribution in [1.82, 2.24) is 9.38 Å². The van der Waals surface area contributed by atoms with Crippen molar-refractivity contribution >= 4 is 17.4 Å². The lowest BCUT2D eigenvalue weighted by molar-refractivity contribution is -0.137. The second-order valence-corrected chi connectivity index (χ2v) is 4.46. The minimum atomic E-state index is -4.31. The van der Waals surface area contributed by atoms with E-state index in [-0.39, 0.29) is 0 Å². The van der Waals surface area contributed by atoms with Crippen LogP contribution >= 0.6 is 11.8 Å². The van der Waals surface area contributed by atoms with Gasteiger partial charge in [-0.1, -0.05) is 6.92 Å². The molecule has 0 spiro atoms. The maximum absolute atomic E-state index is 12.5. The smallest absolute Gasteiger partial charge is 0.294 e. The molecule has 2 aromatic heterocycles. The van der Waals surface area contributed by atoms with E-state index >= 15 is 0 Å². The molecule has 0 aliphatic rings. The van der Waals surface area contributed by atoms with E-state index in [1.807, 2.05) is 6.92 Å². The second kappa shape index (κ2) is 4.01. The Hall–Kier alpha value is -1.17. The Kier molecular flexibility index (Phi) is 2.84. The normalized spacial score (nSPS) is 12.2. The zero-order valence-electron chi connectivity index (χ0n) is 8.45. The summed E-state index contributed by atoms with van der Waals surface area (Å²) in [4.78, 5) is 4.04. The molecule has 2 heterocycles. The van der Waals surface area contributed by atoms with Crippen LogP contribution in [0.4, 0.5) is 13.2 Å². The third kappa shape index (κ3) is 2.02. The van der Waals surface area contributed by atoms with Gasteiger partial charge < -0.3 is 0 Å². The largest absolute Gasteiger partial charge is 0.417 e. The van der Waals surface area contributed by atoms with E-state index in [1.54, 1.807) is 6.20 Å². The van der Waals surface area contributed by atoms with Crippen LogP contribution in [-0.2, 0) is 6.18 Å². The summed E-state index contributed by atoms with van der Waals surface area (Å²) in [6, 6.07) is 2.42. The Morgan fingerprint density at radius 3 is 2.75 bits per heavy atom. The van der Waals surface area contributed by atoms with E-state index in [0.29, 0.717) is 5.65 Å². The fourth-order valence-corrected chi connectivity index (χ4v) is 2.09. The highest BCUT2D eigenvalue weighted by atomic mass is 32.2. The minimum Gasteiger partial charge on any atom is -0.294 e. The zero-order chi connectivity index (χ0) is 11.8. The topological polar surface area (TPSA) is 17.3 Å². The van der Waals surface area contributed by atoms with Gasteiger partial charge in [-0.15, -0.1) is 11.8 Å². The molecular formula is C10H9F3N2S. The van der Waals surface area contributed by atoms with Crippen LogP contribution in [-0.4, -0.2) is 15.1 Å². The molecule has 0 aliphatic carbocycles. The Morgan fingerprint density at radius 1 is 1.38 bits per heavy atom. The van der Waals surface area contributed by atoms with Gasteiger partial charge in [-0.2, -0.15) is 13.2 Å². The number of thioether (sulfide) groups is 1. The summed E-state index contributed by atoms with van der Waals surface area (Å²) in [6.07, 6.45) is -1.64. The average Bonchev–Trinajstić information content (AvgIpc) is 2.60. The number of imidazole rings is 1. The number of aromatic nitrogens is 2. The van der Waals surface area contributed by atoms with Gasteiger partial charge in [0, 0.05) is 6.20 Å². The Balaban J connectivity index is 2.54. The number of pyridine rings is 1. The van der Waals surface area contributed by atoms with Crippen LogP contribution in [0.1, 0.15) is 12.5 Å². The lowest BCUT2D eigenvalue weighted by Crippen LogP contribution is -2.06. The number of fused-ring (bicyclic) bond motifs is 1. The summed E-state index contributed by atoms with van der Waals surface area (Å²) in [5.74, 6) is 0.796. The predicted octanol–water partition coefficient (Wildman–Crippen LogP) is 3.47. The first-order valence-electron chi connectivity index (χ1n) is 4.69. The fraction of sp³-hybridized carbons (Fsp3) is 0.300. The van der Waals surface area contributed by atoms with Gasteiger partial charge in [0.1, 0.15) is 5.65 Å². The van der Waals surface area contributed by atoms with E-state index in [9.17, 15) is 13.2 Å². The number of hydrogen-bond donors (Lipinski definition) is 0. The van der Waals surface area contributed by atoms with Crippen molar-refractivity contribution in [3.63, 3.8) is 0 Å². The molecule has 0 fully saturated rings. The summed E-state index contributed by atoms with van der Waals surface area (Å²) < 4.78 is 39.0. The lowest BCUT2D eigenvalue weighted by atomic mass is 10.3. The molecule has 0 amide bonds. The Labute approximate surface area is 94.5 Å². The minimum absolute atomic E-state index is 0.531. The number of alkyl halides is 3. The van der Waals surface area contributed by atoms with E-state index in [2.05, 4.69) is 4.98 Å². The maximum Gasteiger partial charge on any atom is 0.417 e. The highest BCUT2D eigenvalue weighted by Crippen LogP contribution is 2.30. The molecule has 2 nitrogen and oxygen atoms in total. The molecule has 2 rings (SSSR count). The third-order valence-electron chi connectivity index (χ3n) is 2.09. The van der Waals surface area contributed by atoms with E-state index in [4.69, 9.17) is 0 Å². The van der Waals surface area contributed by atoms with Gasteiger partial charge in [-0.05, 0) is 17.9 Å². The summed E-state index contributed by atoms with van der Waals surface area (Å²) in [6.45, 7) is 1.94. The quantitative estimate of drug-likeness (QED) is 0.755. The number of hydrogen-bond acceptors (Lipinski definition) is 2. The molecule has 0 saturated carbocycles. The Morgan fingerprint density at radius 2 is 2.12 bits per heavy atom. The molecular weight excluding hydrogens is 237 g/mol. The van der Waals surface area contributed by atoms with Crippen molar-refractivity contribution in [2.24, 2.45) is 0 Å². The highest BCUT2D eigenvalue weighted by Gasteiger charge is 2.31. The average molecular weight is 246 g/mol. The molecule has 0 aliphatic heterocycles. The van der Waals surface area contributed by atoms with Crippen LogP contribution in [0.15, 0.2) is 29.6 Å². The van der Waals surface area contributed by atoms with Gasteiger partial charge in [-0.3, -0.25) is 4.40 Å². The summed E-state index contributed by atoms with van der Waals surface area (Å²) in [5.41, 5.74) is -0.125. The van der Waals surface area contributed by atoms with Crippen molar-refractivity contribution in [3.05, 3.63) is 30.1 Å². The maximum atomic E-state index is 12.5. The first-order valence-corrected chi connectivity index (χ1v) is 5.68. The van der Waals surface area contributed by atoms with Crippen LogP contribution in [0, 0.1) is 0 Å². The van der Waals surface area contributed by atoms with Crippen LogP contribution in [0.25, 0.3) is 5.65 Å². The van der Waals surface area contributed by atoms with Crippen molar-refractivity contribution in [1.29, 1.82) is 0 Å². The standard InChI is InChI=1S/C10H9F3N2S/c1-2-16-9-5-14-8-4-3-7(6-15(8)9)10(11,12)13/h3-6H,2H2,1H3. The third-order valence-corrected chi connectivity index (χ3v) is 2.98. The van der Waals surface area contributed by atoms with Crippen molar-refractivity contribution < 1.29 is 13.2 Å². The van der Waals surface area contributed by atoms with Gasteiger partial charge in [0.15, 0.2) is 0 Å². The number of nitrogens with zero attached hydrogens (tertiary/aromatic N) is 2. The van der Waals surface area contributed by atoms with Crippen LogP contribution < -0.4 is 0 Å².